The van der Waals surface area contributed by atoms with Crippen LogP contribution in [-0.4, -0.2) is 146 Å². The van der Waals surface area contributed by atoms with Gasteiger partial charge in [-0.15, -0.1) is 0 Å². The Hall–Kier alpha value is -0.840. The predicted octanol–water partition coefficient (Wildman–Crippen LogP) is -2.81. The molecule has 176 valence electrons. The molecule has 0 aromatic carbocycles. The van der Waals surface area contributed by atoms with E-state index in [-0.39, 0.29) is 32.8 Å². The molecule has 2 atom stereocenters. The maximum absolute atomic E-state index is 12.3. The van der Waals surface area contributed by atoms with E-state index in [0.717, 1.165) is 0 Å². The van der Waals surface area contributed by atoms with Crippen LogP contribution in [0.5, 0.6) is 0 Å². The zero-order chi connectivity index (χ0) is 22.4. The fourth-order valence-corrected chi connectivity index (χ4v) is 5.31. The number of nitrogens with zero attached hydrogens (tertiary/aromatic N) is 4. The molecule has 0 bridgehead atoms. The zero-order valence-electron chi connectivity index (χ0n) is 16.8. The van der Waals surface area contributed by atoms with Crippen LogP contribution in [0.25, 0.3) is 0 Å². The summed E-state index contributed by atoms with van der Waals surface area (Å²) in [5.74, 6) is 0. The minimum atomic E-state index is -4.44. The van der Waals surface area contributed by atoms with Crippen molar-refractivity contribution in [2.24, 2.45) is 0 Å². The average molecular weight is 473 g/mol. The van der Waals surface area contributed by atoms with Crippen LogP contribution in [0.2, 0.25) is 0 Å². The van der Waals surface area contributed by atoms with E-state index in [9.17, 15) is 26.5 Å². The Morgan fingerprint density at radius 3 is 2.00 bits per heavy atom. The highest BCUT2D eigenvalue weighted by Crippen LogP contribution is 2.20. The van der Waals surface area contributed by atoms with Crippen molar-refractivity contribution in [1.82, 2.24) is 19.6 Å². The summed E-state index contributed by atoms with van der Waals surface area (Å²) >= 11 is 0. The SMILES string of the molecule is O=S(=O)(O)C=CN1CCN(CCO)C(C(CN2CCN(CCO)CC2)S(=O)(=O)O)C1. The molecular formula is C16H32N4O8S2. The molecule has 0 saturated carbocycles. The molecule has 2 rings (SSSR count). The first kappa shape index (κ1) is 25.4. The molecule has 4 N–H and O–H groups in total. The number of hydrogen-bond acceptors (Lipinski definition) is 10. The first-order valence-electron chi connectivity index (χ1n) is 9.80. The number of β-amino-alcohol motifs (C(OH)–C–C–N with tert-alkyl or cyclic N) is 2. The quantitative estimate of drug-likeness (QED) is 0.242. The highest BCUT2D eigenvalue weighted by molar-refractivity contribution is 7.88. The summed E-state index contributed by atoms with van der Waals surface area (Å²) in [5, 5.41) is 17.9. The van der Waals surface area contributed by atoms with E-state index in [2.05, 4.69) is 4.90 Å². The van der Waals surface area contributed by atoms with E-state index in [0.29, 0.717) is 51.2 Å². The molecule has 30 heavy (non-hydrogen) atoms. The zero-order valence-corrected chi connectivity index (χ0v) is 18.5. The molecule has 0 radical (unpaired) electrons. The van der Waals surface area contributed by atoms with Crippen LogP contribution in [-0.2, 0) is 20.2 Å². The van der Waals surface area contributed by atoms with E-state index in [4.69, 9.17) is 9.66 Å². The van der Waals surface area contributed by atoms with Crippen LogP contribution in [0.3, 0.4) is 0 Å². The summed E-state index contributed by atoms with van der Waals surface area (Å²) in [6, 6.07) is -0.678. The lowest BCUT2D eigenvalue weighted by atomic mass is 10.1. The maximum atomic E-state index is 12.3. The number of piperazine rings is 2. The first-order valence-corrected chi connectivity index (χ1v) is 12.8. The molecule has 0 spiro atoms. The summed E-state index contributed by atoms with van der Waals surface area (Å²) in [6.45, 7) is 4.10. The van der Waals surface area contributed by atoms with Gasteiger partial charge in [0.15, 0.2) is 0 Å². The third kappa shape index (κ3) is 8.01. The molecule has 2 unspecified atom stereocenters. The summed E-state index contributed by atoms with van der Waals surface area (Å²) in [4.78, 5) is 7.36. The van der Waals surface area contributed by atoms with Crippen molar-refractivity contribution in [3.8, 4) is 0 Å². The van der Waals surface area contributed by atoms with Gasteiger partial charge in [0, 0.05) is 77.7 Å². The van der Waals surface area contributed by atoms with Crippen molar-refractivity contribution in [1.29, 1.82) is 0 Å². The van der Waals surface area contributed by atoms with Crippen LogP contribution < -0.4 is 0 Å². The minimum absolute atomic E-state index is 0.0543. The Morgan fingerprint density at radius 1 is 0.867 bits per heavy atom. The monoisotopic (exact) mass is 472 g/mol. The van der Waals surface area contributed by atoms with Crippen LogP contribution in [0, 0.1) is 0 Å². The molecule has 2 fully saturated rings. The van der Waals surface area contributed by atoms with Gasteiger partial charge >= 0.3 is 0 Å². The molecule has 14 heteroatoms. The van der Waals surface area contributed by atoms with Gasteiger partial charge in [0.1, 0.15) is 5.25 Å². The largest absolute Gasteiger partial charge is 0.395 e. The van der Waals surface area contributed by atoms with Gasteiger partial charge < -0.3 is 15.1 Å². The molecule has 0 aliphatic carbocycles. The summed E-state index contributed by atoms with van der Waals surface area (Å²) in [5.41, 5.74) is 0. The van der Waals surface area contributed by atoms with E-state index in [1.54, 1.807) is 9.80 Å². The minimum Gasteiger partial charge on any atom is -0.395 e. The molecule has 2 heterocycles. The molecule has 0 aromatic heterocycles. The van der Waals surface area contributed by atoms with Crippen molar-refractivity contribution in [3.63, 3.8) is 0 Å². The van der Waals surface area contributed by atoms with Gasteiger partial charge in [-0.3, -0.25) is 23.8 Å². The van der Waals surface area contributed by atoms with Gasteiger partial charge in [0.05, 0.1) is 18.6 Å². The molecule has 0 amide bonds. The second kappa shape index (κ2) is 11.2. The van der Waals surface area contributed by atoms with Crippen LogP contribution in [0.15, 0.2) is 11.6 Å². The van der Waals surface area contributed by atoms with Gasteiger partial charge in [-0.1, -0.05) is 0 Å². The number of aliphatic hydroxyl groups excluding tert-OH is 2. The Morgan fingerprint density at radius 2 is 1.47 bits per heavy atom. The van der Waals surface area contributed by atoms with Gasteiger partial charge in [0.2, 0.25) is 0 Å². The Balaban J connectivity index is 2.16. The molecule has 12 nitrogen and oxygen atoms in total. The van der Waals surface area contributed by atoms with E-state index < -0.39 is 31.5 Å². The van der Waals surface area contributed by atoms with Crippen LogP contribution >= 0.6 is 0 Å². The van der Waals surface area contributed by atoms with Crippen molar-refractivity contribution in [2.75, 3.05) is 78.7 Å². The van der Waals surface area contributed by atoms with Crippen LogP contribution in [0.4, 0.5) is 0 Å². The fourth-order valence-electron chi connectivity index (χ4n) is 3.93. The third-order valence-electron chi connectivity index (χ3n) is 5.53. The first-order chi connectivity index (χ1) is 14.0. The summed E-state index contributed by atoms with van der Waals surface area (Å²) in [7, 11) is -8.76. The van der Waals surface area contributed by atoms with E-state index >= 15 is 0 Å². The number of rotatable bonds is 10. The molecule has 0 aromatic rings. The lowest BCUT2D eigenvalue weighted by molar-refractivity contribution is 0.0614. The molecule has 2 aliphatic rings. The maximum Gasteiger partial charge on any atom is 0.289 e. The van der Waals surface area contributed by atoms with E-state index in [1.807, 2.05) is 4.90 Å². The molecule has 2 saturated heterocycles. The second-order valence-electron chi connectivity index (χ2n) is 7.54. The Bertz CT molecular complexity index is 768. The molecule has 2 aliphatic heterocycles. The van der Waals surface area contributed by atoms with Crippen molar-refractivity contribution in [2.45, 2.75) is 11.3 Å². The standard InChI is InChI=1S/C16H32N4O8S2/c21-10-7-17-1-3-18(4-2-17)14-16(30(26,27)28)15-13-19(9-12-29(23,24)25)5-6-20(15)8-11-22/h9,12,15-16,21-22H,1-8,10-11,13-14H2,(H,23,24,25)(H,26,27,28). The second-order valence-corrected chi connectivity index (χ2v) is 10.5. The fraction of sp³-hybridized carbons (Fsp3) is 0.875. The van der Waals surface area contributed by atoms with Crippen molar-refractivity contribution < 1.29 is 36.2 Å². The van der Waals surface area contributed by atoms with Gasteiger partial charge in [-0.05, 0) is 0 Å². The Labute approximate surface area is 177 Å². The number of aliphatic hydroxyl groups is 2. The summed E-state index contributed by atoms with van der Waals surface area (Å²) in [6.07, 6.45) is 1.19. The Kier molecular flexibility index (Phi) is 9.45. The van der Waals surface area contributed by atoms with Gasteiger partial charge in [0.25, 0.3) is 20.2 Å². The van der Waals surface area contributed by atoms with E-state index in [1.165, 1.54) is 6.20 Å². The van der Waals surface area contributed by atoms with Crippen molar-refractivity contribution >= 4 is 20.2 Å². The lowest BCUT2D eigenvalue weighted by Gasteiger charge is -2.45. The molecular weight excluding hydrogens is 440 g/mol. The van der Waals surface area contributed by atoms with Crippen molar-refractivity contribution in [3.05, 3.63) is 11.6 Å². The topological polar surface area (TPSA) is 162 Å². The summed E-state index contributed by atoms with van der Waals surface area (Å²) < 4.78 is 65.4. The normalized spacial score (nSPS) is 24.5. The average Bonchev–Trinajstić information content (AvgIpc) is 2.66. The highest BCUT2D eigenvalue weighted by Gasteiger charge is 2.40. The third-order valence-corrected chi connectivity index (χ3v) is 7.22. The van der Waals surface area contributed by atoms with Crippen LogP contribution in [0.1, 0.15) is 0 Å². The lowest BCUT2D eigenvalue weighted by Crippen LogP contribution is -2.61. The van der Waals surface area contributed by atoms with Gasteiger partial charge in [-0.2, -0.15) is 16.8 Å². The smallest absolute Gasteiger partial charge is 0.289 e. The van der Waals surface area contributed by atoms with Gasteiger partial charge in [-0.25, -0.2) is 0 Å². The number of hydrogen-bond donors (Lipinski definition) is 4. The predicted molar refractivity (Wildman–Crippen MR) is 110 cm³/mol. The highest BCUT2D eigenvalue weighted by atomic mass is 32.2.